The van der Waals surface area contributed by atoms with Crippen molar-refractivity contribution in [3.63, 3.8) is 0 Å². The zero-order valence-electron chi connectivity index (χ0n) is 21.6. The number of carbonyl (C=O) groups excluding carboxylic acids is 2. The van der Waals surface area contributed by atoms with Gasteiger partial charge in [-0.3, -0.25) is 13.9 Å². The van der Waals surface area contributed by atoms with Crippen LogP contribution in [0.4, 0.5) is 5.69 Å². The van der Waals surface area contributed by atoms with Crippen molar-refractivity contribution >= 4 is 62.3 Å². The molecule has 3 aromatic carbocycles. The predicted molar refractivity (Wildman–Crippen MR) is 158 cm³/mol. The Hall–Kier alpha value is -2.78. The Morgan fingerprint density at radius 1 is 0.923 bits per heavy atom. The Morgan fingerprint density at radius 3 is 2.15 bits per heavy atom. The molecule has 0 saturated heterocycles. The third-order valence-corrected chi connectivity index (χ3v) is 8.29. The molecule has 0 aliphatic carbocycles. The first-order chi connectivity index (χ1) is 18.5. The number of sulfonamides is 1. The van der Waals surface area contributed by atoms with E-state index < -0.39 is 16.1 Å². The molecule has 11 heteroatoms. The van der Waals surface area contributed by atoms with Gasteiger partial charge in [0.1, 0.15) is 6.04 Å². The summed E-state index contributed by atoms with van der Waals surface area (Å²) in [4.78, 5) is 28.3. The van der Waals surface area contributed by atoms with Crippen LogP contribution in [0.25, 0.3) is 0 Å². The Morgan fingerprint density at radius 2 is 1.56 bits per heavy atom. The van der Waals surface area contributed by atoms with E-state index in [-0.39, 0.29) is 44.2 Å². The molecule has 3 rings (SSSR count). The van der Waals surface area contributed by atoms with Gasteiger partial charge in [0.05, 0.1) is 11.9 Å². The second-order valence-electron chi connectivity index (χ2n) is 8.96. The van der Waals surface area contributed by atoms with Gasteiger partial charge >= 0.3 is 0 Å². The van der Waals surface area contributed by atoms with E-state index in [2.05, 4.69) is 5.32 Å². The summed E-state index contributed by atoms with van der Waals surface area (Å²) in [7, 11) is -2.12. The van der Waals surface area contributed by atoms with Crippen LogP contribution >= 0.6 is 34.8 Å². The Kier molecular flexibility index (Phi) is 11.1. The van der Waals surface area contributed by atoms with Gasteiger partial charge in [-0.1, -0.05) is 77.3 Å². The van der Waals surface area contributed by atoms with Gasteiger partial charge in [0, 0.05) is 53.6 Å². The van der Waals surface area contributed by atoms with Crippen LogP contribution in [0.3, 0.4) is 0 Å². The highest BCUT2D eigenvalue weighted by Gasteiger charge is 2.31. The highest BCUT2D eigenvalue weighted by Crippen LogP contribution is 2.28. The average Bonchev–Trinajstić information content (AvgIpc) is 2.89. The van der Waals surface area contributed by atoms with Gasteiger partial charge in [-0.05, 0) is 42.3 Å². The van der Waals surface area contributed by atoms with E-state index in [0.717, 1.165) is 11.8 Å². The summed E-state index contributed by atoms with van der Waals surface area (Å²) in [6.07, 6.45) is 1.56. The number of halogens is 3. The van der Waals surface area contributed by atoms with Crippen molar-refractivity contribution in [1.82, 2.24) is 10.2 Å². The molecule has 0 heterocycles. The summed E-state index contributed by atoms with van der Waals surface area (Å²) in [5.41, 5.74) is 1.80. The Balaban J connectivity index is 1.89. The first-order valence-electron chi connectivity index (χ1n) is 12.2. The molecule has 0 unspecified atom stereocenters. The number of carbonyl (C=O) groups is 2. The van der Waals surface area contributed by atoms with Crippen LogP contribution in [0.1, 0.15) is 24.0 Å². The molecule has 0 spiro atoms. The molecule has 0 bridgehead atoms. The quantitative estimate of drug-likeness (QED) is 0.290. The summed E-state index contributed by atoms with van der Waals surface area (Å²) in [5, 5.41) is 3.81. The topological polar surface area (TPSA) is 86.8 Å². The summed E-state index contributed by atoms with van der Waals surface area (Å²) < 4.78 is 26.2. The van der Waals surface area contributed by atoms with Gasteiger partial charge in [-0.2, -0.15) is 0 Å². The Labute approximate surface area is 244 Å². The molecule has 39 heavy (non-hydrogen) atoms. The predicted octanol–water partition coefficient (Wildman–Crippen LogP) is 5.58. The van der Waals surface area contributed by atoms with Gasteiger partial charge < -0.3 is 10.2 Å². The van der Waals surface area contributed by atoms with Gasteiger partial charge in [0.2, 0.25) is 21.8 Å². The number of rotatable bonds is 12. The first kappa shape index (κ1) is 30.8. The maximum atomic E-state index is 13.7. The van der Waals surface area contributed by atoms with Crippen molar-refractivity contribution in [1.29, 1.82) is 0 Å². The van der Waals surface area contributed by atoms with Crippen LogP contribution in [0.2, 0.25) is 15.1 Å². The number of anilines is 1. The van der Waals surface area contributed by atoms with Gasteiger partial charge in [-0.15, -0.1) is 0 Å². The van der Waals surface area contributed by atoms with Crippen molar-refractivity contribution in [2.24, 2.45) is 0 Å². The van der Waals surface area contributed by atoms with E-state index in [9.17, 15) is 18.0 Å². The molecular formula is C28H30Cl3N3O4S. The molecule has 0 aliphatic rings. The van der Waals surface area contributed by atoms with E-state index in [1.54, 1.807) is 42.5 Å². The smallest absolute Gasteiger partial charge is 0.242 e. The van der Waals surface area contributed by atoms with E-state index in [0.29, 0.717) is 26.3 Å². The van der Waals surface area contributed by atoms with Crippen LogP contribution in [-0.4, -0.2) is 51.0 Å². The molecule has 7 nitrogen and oxygen atoms in total. The SMILES string of the molecule is CNC(=O)[C@H](Cc1ccccc1)N(Cc1c(Cl)cccc1Cl)C(=O)CCCN(c1cccc(Cl)c1)S(C)(=O)=O. The van der Waals surface area contributed by atoms with Crippen LogP contribution in [-0.2, 0) is 32.6 Å². The lowest BCUT2D eigenvalue weighted by molar-refractivity contribution is -0.141. The van der Waals surface area contributed by atoms with Crippen LogP contribution in [0.15, 0.2) is 72.8 Å². The van der Waals surface area contributed by atoms with E-state index in [1.165, 1.54) is 16.3 Å². The molecule has 0 aromatic heterocycles. The molecule has 0 saturated carbocycles. The highest BCUT2D eigenvalue weighted by molar-refractivity contribution is 7.92. The number of likely N-dealkylation sites (N-methyl/N-ethyl adjacent to an activating group) is 1. The van der Waals surface area contributed by atoms with Crippen molar-refractivity contribution in [2.75, 3.05) is 24.2 Å². The largest absolute Gasteiger partial charge is 0.357 e. The molecule has 2 amide bonds. The van der Waals surface area contributed by atoms with E-state index in [1.807, 2.05) is 30.3 Å². The summed E-state index contributed by atoms with van der Waals surface area (Å²) in [6.45, 7) is 0.0568. The molecule has 0 aliphatic heterocycles. The lowest BCUT2D eigenvalue weighted by Gasteiger charge is -2.32. The molecule has 208 valence electrons. The van der Waals surface area contributed by atoms with E-state index >= 15 is 0 Å². The number of amides is 2. The minimum absolute atomic E-state index is 0.00629. The van der Waals surface area contributed by atoms with Gasteiger partial charge in [0.15, 0.2) is 0 Å². The second kappa shape index (κ2) is 14.0. The molecule has 1 atom stereocenters. The number of nitrogens with zero attached hydrogens (tertiary/aromatic N) is 2. The first-order valence-corrected chi connectivity index (χ1v) is 15.2. The summed E-state index contributed by atoms with van der Waals surface area (Å²) in [6, 6.07) is 20.1. The molecule has 0 radical (unpaired) electrons. The van der Waals surface area contributed by atoms with E-state index in [4.69, 9.17) is 34.8 Å². The monoisotopic (exact) mass is 609 g/mol. The van der Waals surface area contributed by atoms with Crippen molar-refractivity contribution in [2.45, 2.75) is 31.8 Å². The molecule has 1 N–H and O–H groups in total. The molecular weight excluding hydrogens is 581 g/mol. The van der Waals surface area contributed by atoms with Crippen LogP contribution in [0.5, 0.6) is 0 Å². The van der Waals surface area contributed by atoms with Crippen LogP contribution < -0.4 is 9.62 Å². The number of hydrogen-bond donors (Lipinski definition) is 1. The van der Waals surface area contributed by atoms with Gasteiger partial charge in [-0.25, -0.2) is 8.42 Å². The highest BCUT2D eigenvalue weighted by atomic mass is 35.5. The summed E-state index contributed by atoms with van der Waals surface area (Å²) in [5.74, 6) is -0.679. The average molecular weight is 611 g/mol. The fraction of sp³-hybridized carbons (Fsp3) is 0.286. The third kappa shape index (κ3) is 8.60. The zero-order valence-corrected chi connectivity index (χ0v) is 24.7. The number of benzene rings is 3. The minimum Gasteiger partial charge on any atom is -0.357 e. The zero-order chi connectivity index (χ0) is 28.6. The fourth-order valence-corrected chi connectivity index (χ4v) is 5.87. The minimum atomic E-state index is -3.64. The Bertz CT molecular complexity index is 1380. The lowest BCUT2D eigenvalue weighted by atomic mass is 10.0. The van der Waals surface area contributed by atoms with Crippen LogP contribution in [0, 0.1) is 0 Å². The third-order valence-electron chi connectivity index (χ3n) is 6.16. The molecule has 3 aromatic rings. The van der Waals surface area contributed by atoms with Crippen molar-refractivity contribution in [3.05, 3.63) is 99.0 Å². The normalized spacial score (nSPS) is 12.0. The standard InChI is InChI=1S/C28H30Cl3N3O4S/c1-32-28(36)26(17-20-9-4-3-5-10-20)33(19-23-24(30)13-7-14-25(23)31)27(35)15-8-16-34(39(2,37)38)22-12-6-11-21(29)18-22/h3-7,9-14,18,26H,8,15-17,19H2,1-2H3,(H,32,36)/t26-/m0/s1. The lowest BCUT2D eigenvalue weighted by Crippen LogP contribution is -2.50. The second-order valence-corrected chi connectivity index (χ2v) is 12.1. The van der Waals surface area contributed by atoms with Crippen molar-refractivity contribution in [3.8, 4) is 0 Å². The number of nitrogens with one attached hydrogen (secondary N) is 1. The fourth-order valence-electron chi connectivity index (χ4n) is 4.21. The maximum Gasteiger partial charge on any atom is 0.242 e. The van der Waals surface area contributed by atoms with Crippen molar-refractivity contribution < 1.29 is 18.0 Å². The maximum absolute atomic E-state index is 13.7. The number of hydrogen-bond acceptors (Lipinski definition) is 4. The van der Waals surface area contributed by atoms with Gasteiger partial charge in [0.25, 0.3) is 0 Å². The summed E-state index contributed by atoms with van der Waals surface area (Å²) >= 11 is 18.9. The molecule has 0 fully saturated rings.